The second kappa shape index (κ2) is 6.69. The van der Waals surface area contributed by atoms with Crippen LogP contribution in [-0.4, -0.2) is 43.4 Å². The maximum absolute atomic E-state index is 12.5. The van der Waals surface area contributed by atoms with Crippen LogP contribution in [0.3, 0.4) is 0 Å². The lowest BCUT2D eigenvalue weighted by Gasteiger charge is -2.26. The Morgan fingerprint density at radius 1 is 1.25 bits per heavy atom. The highest BCUT2D eigenvalue weighted by Crippen LogP contribution is 2.34. The quantitative estimate of drug-likeness (QED) is 0.661. The Labute approximate surface area is 120 Å². The summed E-state index contributed by atoms with van der Waals surface area (Å²) in [6.07, 6.45) is -4.34. The SMILES string of the molecule is Nc1cc(C(F)(F)F)ccc1SCCN1CCNCC1. The van der Waals surface area contributed by atoms with Crippen LogP contribution in [0.4, 0.5) is 18.9 Å². The van der Waals surface area contributed by atoms with E-state index in [0.717, 1.165) is 50.6 Å². The smallest absolute Gasteiger partial charge is 0.398 e. The zero-order chi connectivity index (χ0) is 14.6. The molecule has 0 atom stereocenters. The Bertz CT molecular complexity index is 445. The molecule has 1 aromatic carbocycles. The van der Waals surface area contributed by atoms with Crippen LogP contribution in [0.25, 0.3) is 0 Å². The normalized spacial score (nSPS) is 17.4. The van der Waals surface area contributed by atoms with Crippen molar-refractivity contribution >= 4 is 17.4 Å². The first-order valence-corrected chi connectivity index (χ1v) is 7.48. The molecule has 7 heteroatoms. The maximum Gasteiger partial charge on any atom is 0.416 e. The fourth-order valence-corrected chi connectivity index (χ4v) is 3.03. The van der Waals surface area contributed by atoms with Gasteiger partial charge in [0.1, 0.15) is 0 Å². The number of hydrogen-bond donors (Lipinski definition) is 2. The van der Waals surface area contributed by atoms with Crippen LogP contribution in [-0.2, 0) is 6.18 Å². The molecule has 0 unspecified atom stereocenters. The molecule has 0 radical (unpaired) electrons. The molecule has 0 aromatic heterocycles. The first-order valence-electron chi connectivity index (χ1n) is 6.49. The molecule has 1 aliphatic rings. The number of piperazine rings is 1. The third-order valence-electron chi connectivity index (χ3n) is 3.21. The van der Waals surface area contributed by atoms with Gasteiger partial charge in [-0.25, -0.2) is 0 Å². The van der Waals surface area contributed by atoms with Crippen LogP contribution in [0.5, 0.6) is 0 Å². The third kappa shape index (κ3) is 4.29. The number of alkyl halides is 3. The van der Waals surface area contributed by atoms with E-state index in [2.05, 4.69) is 10.2 Å². The lowest BCUT2D eigenvalue weighted by Crippen LogP contribution is -2.44. The number of halogens is 3. The van der Waals surface area contributed by atoms with E-state index in [4.69, 9.17) is 5.73 Å². The van der Waals surface area contributed by atoms with Crippen molar-refractivity contribution in [3.8, 4) is 0 Å². The van der Waals surface area contributed by atoms with Gasteiger partial charge in [-0.05, 0) is 18.2 Å². The van der Waals surface area contributed by atoms with Gasteiger partial charge in [-0.1, -0.05) is 0 Å². The number of rotatable bonds is 4. The Morgan fingerprint density at radius 3 is 2.55 bits per heavy atom. The predicted octanol–water partition coefficient (Wildman–Crippen LogP) is 2.28. The summed E-state index contributed by atoms with van der Waals surface area (Å²) in [4.78, 5) is 3.05. The topological polar surface area (TPSA) is 41.3 Å². The molecule has 1 aliphatic heterocycles. The standard InChI is InChI=1S/C13H18F3N3S/c14-13(15,16)10-1-2-12(11(17)9-10)20-8-7-19-5-3-18-4-6-19/h1-2,9,18H,3-8,17H2. The van der Waals surface area contributed by atoms with Crippen molar-refractivity contribution in [3.05, 3.63) is 23.8 Å². The van der Waals surface area contributed by atoms with Gasteiger partial charge in [0, 0.05) is 49.1 Å². The highest BCUT2D eigenvalue weighted by atomic mass is 32.2. The number of nitrogen functional groups attached to an aromatic ring is 1. The van der Waals surface area contributed by atoms with Gasteiger partial charge >= 0.3 is 6.18 Å². The minimum Gasteiger partial charge on any atom is -0.398 e. The monoisotopic (exact) mass is 305 g/mol. The predicted molar refractivity (Wildman–Crippen MR) is 75.9 cm³/mol. The minimum absolute atomic E-state index is 0.199. The molecule has 0 amide bonds. The van der Waals surface area contributed by atoms with E-state index in [1.165, 1.54) is 17.8 Å². The van der Waals surface area contributed by atoms with Crippen LogP contribution in [0, 0.1) is 0 Å². The average molecular weight is 305 g/mol. The molecular weight excluding hydrogens is 287 g/mol. The Balaban J connectivity index is 1.86. The Morgan fingerprint density at radius 2 is 1.95 bits per heavy atom. The van der Waals surface area contributed by atoms with Gasteiger partial charge in [-0.15, -0.1) is 11.8 Å². The number of benzene rings is 1. The molecule has 0 aliphatic carbocycles. The molecule has 0 spiro atoms. The lowest BCUT2D eigenvalue weighted by molar-refractivity contribution is -0.137. The summed E-state index contributed by atoms with van der Waals surface area (Å²) >= 11 is 1.51. The Kier molecular flexibility index (Phi) is 5.17. The molecular formula is C13H18F3N3S. The van der Waals surface area contributed by atoms with E-state index in [9.17, 15) is 13.2 Å². The first kappa shape index (κ1) is 15.5. The zero-order valence-electron chi connectivity index (χ0n) is 11.0. The summed E-state index contributed by atoms with van der Waals surface area (Å²) < 4.78 is 37.6. The van der Waals surface area contributed by atoms with Crippen LogP contribution in [0.15, 0.2) is 23.1 Å². The van der Waals surface area contributed by atoms with Crippen LogP contribution in [0.2, 0.25) is 0 Å². The fraction of sp³-hybridized carbons (Fsp3) is 0.538. The second-order valence-electron chi connectivity index (χ2n) is 4.69. The number of hydrogen-bond acceptors (Lipinski definition) is 4. The van der Waals surface area contributed by atoms with Crippen LogP contribution < -0.4 is 11.1 Å². The molecule has 0 saturated carbocycles. The van der Waals surface area contributed by atoms with E-state index in [1.54, 1.807) is 0 Å². The highest BCUT2D eigenvalue weighted by molar-refractivity contribution is 7.99. The minimum atomic E-state index is -4.34. The van der Waals surface area contributed by atoms with E-state index < -0.39 is 11.7 Å². The van der Waals surface area contributed by atoms with Gasteiger partial charge < -0.3 is 11.1 Å². The van der Waals surface area contributed by atoms with Crippen molar-refractivity contribution in [1.29, 1.82) is 0 Å². The Hall–Kier alpha value is -0.920. The lowest BCUT2D eigenvalue weighted by atomic mass is 10.2. The number of nitrogens with two attached hydrogens (primary N) is 1. The van der Waals surface area contributed by atoms with E-state index in [0.29, 0.717) is 4.90 Å². The number of anilines is 1. The fourth-order valence-electron chi connectivity index (χ4n) is 2.08. The molecule has 3 nitrogen and oxygen atoms in total. The van der Waals surface area contributed by atoms with E-state index >= 15 is 0 Å². The van der Waals surface area contributed by atoms with Gasteiger partial charge in [-0.3, -0.25) is 4.90 Å². The number of nitrogens with zero attached hydrogens (tertiary/aromatic N) is 1. The molecule has 1 saturated heterocycles. The summed E-state index contributed by atoms with van der Waals surface area (Å²) in [5.74, 6) is 0.829. The second-order valence-corrected chi connectivity index (χ2v) is 5.83. The van der Waals surface area contributed by atoms with Gasteiger partial charge in [0.2, 0.25) is 0 Å². The molecule has 2 rings (SSSR count). The van der Waals surface area contributed by atoms with Crippen molar-refractivity contribution in [2.24, 2.45) is 0 Å². The number of nitrogens with one attached hydrogen (secondary N) is 1. The molecule has 1 aromatic rings. The molecule has 20 heavy (non-hydrogen) atoms. The average Bonchev–Trinajstić information content (AvgIpc) is 2.40. The van der Waals surface area contributed by atoms with Gasteiger partial charge in [0.25, 0.3) is 0 Å². The van der Waals surface area contributed by atoms with Crippen molar-refractivity contribution in [2.45, 2.75) is 11.1 Å². The molecule has 1 fully saturated rings. The molecule has 112 valence electrons. The number of thioether (sulfide) groups is 1. The van der Waals surface area contributed by atoms with Gasteiger partial charge in [0.15, 0.2) is 0 Å². The molecule has 3 N–H and O–H groups in total. The third-order valence-corrected chi connectivity index (χ3v) is 4.28. The summed E-state index contributed by atoms with van der Waals surface area (Å²) in [6, 6.07) is 3.55. The first-order chi connectivity index (χ1) is 9.47. The van der Waals surface area contributed by atoms with Crippen LogP contribution in [0.1, 0.15) is 5.56 Å². The van der Waals surface area contributed by atoms with Crippen molar-refractivity contribution in [1.82, 2.24) is 10.2 Å². The van der Waals surface area contributed by atoms with Gasteiger partial charge in [-0.2, -0.15) is 13.2 Å². The highest BCUT2D eigenvalue weighted by Gasteiger charge is 2.30. The summed E-state index contributed by atoms with van der Waals surface area (Å²) in [5.41, 5.74) is 5.20. The van der Waals surface area contributed by atoms with E-state index in [-0.39, 0.29) is 5.69 Å². The zero-order valence-corrected chi connectivity index (χ0v) is 11.9. The van der Waals surface area contributed by atoms with Gasteiger partial charge in [0.05, 0.1) is 5.56 Å². The summed E-state index contributed by atoms with van der Waals surface area (Å²) in [6.45, 7) is 4.94. The maximum atomic E-state index is 12.5. The van der Waals surface area contributed by atoms with E-state index in [1.807, 2.05) is 0 Å². The van der Waals surface area contributed by atoms with Crippen molar-refractivity contribution in [2.75, 3.05) is 44.2 Å². The van der Waals surface area contributed by atoms with Crippen LogP contribution >= 0.6 is 11.8 Å². The van der Waals surface area contributed by atoms with Crippen molar-refractivity contribution < 1.29 is 13.2 Å². The summed E-state index contributed by atoms with van der Waals surface area (Å²) in [7, 11) is 0. The molecule has 0 bridgehead atoms. The largest absolute Gasteiger partial charge is 0.416 e. The molecule has 1 heterocycles. The van der Waals surface area contributed by atoms with Crippen molar-refractivity contribution in [3.63, 3.8) is 0 Å². The summed E-state index contributed by atoms with van der Waals surface area (Å²) in [5, 5.41) is 3.28.